The van der Waals surface area contributed by atoms with Gasteiger partial charge in [0.15, 0.2) is 0 Å². The third kappa shape index (κ3) is 3.40. The molecule has 1 unspecified atom stereocenters. The number of aryl methyl sites for hydroxylation is 3. The number of hydrogen-bond donors (Lipinski definition) is 1. The number of hydrogen-bond acceptors (Lipinski definition) is 3. The summed E-state index contributed by atoms with van der Waals surface area (Å²) in [6.45, 7) is 9.46. The van der Waals surface area contributed by atoms with Crippen molar-refractivity contribution in [1.82, 2.24) is 10.3 Å². The summed E-state index contributed by atoms with van der Waals surface area (Å²) in [6, 6.07) is 6.24. The molecule has 108 valence electrons. The predicted molar refractivity (Wildman–Crippen MR) is 87.9 cm³/mol. The molecule has 1 heterocycles. The summed E-state index contributed by atoms with van der Waals surface area (Å²) in [7, 11) is 0. The maximum atomic E-state index is 6.07. The minimum Gasteiger partial charge on any atom is -0.304 e. The third-order valence-electron chi connectivity index (χ3n) is 3.43. The number of aromatic nitrogens is 1. The van der Waals surface area contributed by atoms with E-state index in [1.807, 2.05) is 12.1 Å². The third-order valence-corrected chi connectivity index (χ3v) is 4.81. The van der Waals surface area contributed by atoms with E-state index in [0.717, 1.165) is 28.7 Å². The van der Waals surface area contributed by atoms with Crippen molar-refractivity contribution in [2.75, 3.05) is 6.54 Å². The average molecular weight is 309 g/mol. The van der Waals surface area contributed by atoms with Gasteiger partial charge in [-0.3, -0.25) is 0 Å². The van der Waals surface area contributed by atoms with Crippen LogP contribution in [0.2, 0.25) is 5.02 Å². The molecule has 0 radical (unpaired) electrons. The molecule has 0 saturated carbocycles. The van der Waals surface area contributed by atoms with Gasteiger partial charge in [0.25, 0.3) is 0 Å². The lowest BCUT2D eigenvalue weighted by molar-refractivity contribution is 0.593. The van der Waals surface area contributed by atoms with Crippen molar-refractivity contribution in [2.45, 2.75) is 40.2 Å². The normalized spacial score (nSPS) is 12.7. The van der Waals surface area contributed by atoms with Crippen LogP contribution in [0, 0.1) is 20.8 Å². The average Bonchev–Trinajstić information content (AvgIpc) is 2.72. The van der Waals surface area contributed by atoms with Crippen LogP contribution in [0.25, 0.3) is 0 Å². The second kappa shape index (κ2) is 6.70. The standard InChI is InChI=1S/C16H21ClN2S/c1-5-8-18-15(16-19-11(3)12(4)20-16)14-7-6-13(17)9-10(14)2/h6-7,9,15,18H,5,8H2,1-4H3. The molecule has 0 aliphatic heterocycles. The molecular formula is C16H21ClN2S. The molecule has 2 rings (SSSR count). The molecular weight excluding hydrogens is 288 g/mol. The van der Waals surface area contributed by atoms with Gasteiger partial charge in [-0.2, -0.15) is 0 Å². The summed E-state index contributed by atoms with van der Waals surface area (Å²) in [6.07, 6.45) is 1.10. The first kappa shape index (κ1) is 15.5. The van der Waals surface area contributed by atoms with Gasteiger partial charge in [0.2, 0.25) is 0 Å². The Hall–Kier alpha value is -0.900. The molecule has 2 nitrogen and oxygen atoms in total. The van der Waals surface area contributed by atoms with Gasteiger partial charge in [0.05, 0.1) is 11.7 Å². The van der Waals surface area contributed by atoms with Gasteiger partial charge in [0, 0.05) is 9.90 Å². The van der Waals surface area contributed by atoms with Crippen LogP contribution < -0.4 is 5.32 Å². The number of nitrogens with zero attached hydrogens (tertiary/aromatic N) is 1. The number of thiazole rings is 1. The van der Waals surface area contributed by atoms with Gasteiger partial charge < -0.3 is 5.32 Å². The monoisotopic (exact) mass is 308 g/mol. The van der Waals surface area contributed by atoms with Gasteiger partial charge in [-0.05, 0) is 57.0 Å². The van der Waals surface area contributed by atoms with Crippen LogP contribution in [0.5, 0.6) is 0 Å². The Labute approximate surface area is 130 Å². The fraction of sp³-hybridized carbons (Fsp3) is 0.438. The lowest BCUT2D eigenvalue weighted by Crippen LogP contribution is -2.23. The van der Waals surface area contributed by atoms with E-state index in [1.54, 1.807) is 11.3 Å². The topological polar surface area (TPSA) is 24.9 Å². The highest BCUT2D eigenvalue weighted by molar-refractivity contribution is 7.11. The molecule has 2 aromatic rings. The molecule has 0 saturated heterocycles. The number of halogens is 1. The van der Waals surface area contributed by atoms with Gasteiger partial charge in [-0.1, -0.05) is 24.6 Å². The summed E-state index contributed by atoms with van der Waals surface area (Å²) in [5, 5.41) is 5.53. The fourth-order valence-electron chi connectivity index (χ4n) is 2.20. The van der Waals surface area contributed by atoms with Crippen LogP contribution in [0.15, 0.2) is 18.2 Å². The fourth-order valence-corrected chi connectivity index (χ4v) is 3.45. The van der Waals surface area contributed by atoms with E-state index in [0.29, 0.717) is 0 Å². The summed E-state index contributed by atoms with van der Waals surface area (Å²) >= 11 is 7.84. The van der Waals surface area contributed by atoms with Crippen LogP contribution in [0.1, 0.15) is 46.1 Å². The summed E-state index contributed by atoms with van der Waals surface area (Å²) in [5.41, 5.74) is 3.59. The molecule has 0 spiro atoms. The predicted octanol–water partition coefficient (Wildman–Crippen LogP) is 4.81. The van der Waals surface area contributed by atoms with Crippen molar-refractivity contribution >= 4 is 22.9 Å². The smallest absolute Gasteiger partial charge is 0.115 e. The highest BCUT2D eigenvalue weighted by Gasteiger charge is 2.19. The van der Waals surface area contributed by atoms with Crippen molar-refractivity contribution in [3.05, 3.63) is 49.9 Å². The number of benzene rings is 1. The quantitative estimate of drug-likeness (QED) is 0.857. The van der Waals surface area contributed by atoms with E-state index in [9.17, 15) is 0 Å². The Bertz CT molecular complexity index is 573. The molecule has 1 N–H and O–H groups in total. The Balaban J connectivity index is 2.41. The molecule has 0 fully saturated rings. The highest BCUT2D eigenvalue weighted by Crippen LogP contribution is 2.30. The Morgan fingerprint density at radius 2 is 2.05 bits per heavy atom. The van der Waals surface area contributed by atoms with Crippen molar-refractivity contribution in [2.24, 2.45) is 0 Å². The first-order chi connectivity index (χ1) is 9.52. The van der Waals surface area contributed by atoms with E-state index < -0.39 is 0 Å². The first-order valence-corrected chi connectivity index (χ1v) is 8.15. The second-order valence-electron chi connectivity index (χ2n) is 5.08. The van der Waals surface area contributed by atoms with Crippen molar-refractivity contribution in [1.29, 1.82) is 0 Å². The van der Waals surface area contributed by atoms with Crippen molar-refractivity contribution in [3.63, 3.8) is 0 Å². The number of rotatable bonds is 5. The maximum Gasteiger partial charge on any atom is 0.115 e. The Kier molecular flexibility index (Phi) is 5.19. The molecule has 1 aromatic carbocycles. The lowest BCUT2D eigenvalue weighted by atomic mass is 10.0. The molecule has 20 heavy (non-hydrogen) atoms. The van der Waals surface area contributed by atoms with Crippen LogP contribution in [-0.2, 0) is 0 Å². The summed E-state index contributed by atoms with van der Waals surface area (Å²) < 4.78 is 0. The van der Waals surface area contributed by atoms with E-state index in [-0.39, 0.29) is 6.04 Å². The largest absolute Gasteiger partial charge is 0.304 e. The molecule has 0 amide bonds. The first-order valence-electron chi connectivity index (χ1n) is 6.96. The Morgan fingerprint density at radius 3 is 2.60 bits per heavy atom. The zero-order valence-electron chi connectivity index (χ0n) is 12.5. The van der Waals surface area contributed by atoms with Crippen LogP contribution >= 0.6 is 22.9 Å². The zero-order valence-corrected chi connectivity index (χ0v) is 14.0. The molecule has 4 heteroatoms. The molecule has 0 aliphatic carbocycles. The van der Waals surface area contributed by atoms with Gasteiger partial charge in [0.1, 0.15) is 5.01 Å². The molecule has 1 aromatic heterocycles. The van der Waals surface area contributed by atoms with Gasteiger partial charge >= 0.3 is 0 Å². The number of nitrogens with one attached hydrogen (secondary N) is 1. The van der Waals surface area contributed by atoms with Crippen LogP contribution in [0.3, 0.4) is 0 Å². The maximum absolute atomic E-state index is 6.07. The van der Waals surface area contributed by atoms with Crippen molar-refractivity contribution in [3.8, 4) is 0 Å². The van der Waals surface area contributed by atoms with E-state index in [4.69, 9.17) is 16.6 Å². The van der Waals surface area contributed by atoms with Crippen molar-refractivity contribution < 1.29 is 0 Å². The molecule has 0 aliphatic rings. The Morgan fingerprint density at radius 1 is 1.30 bits per heavy atom. The van der Waals surface area contributed by atoms with Gasteiger partial charge in [-0.15, -0.1) is 11.3 Å². The minimum absolute atomic E-state index is 0.157. The minimum atomic E-state index is 0.157. The lowest BCUT2D eigenvalue weighted by Gasteiger charge is -2.19. The summed E-state index contributed by atoms with van der Waals surface area (Å²) in [5.74, 6) is 0. The van der Waals surface area contributed by atoms with E-state index in [2.05, 4.69) is 39.1 Å². The van der Waals surface area contributed by atoms with Crippen LogP contribution in [-0.4, -0.2) is 11.5 Å². The highest BCUT2D eigenvalue weighted by atomic mass is 35.5. The van der Waals surface area contributed by atoms with Crippen LogP contribution in [0.4, 0.5) is 0 Å². The SMILES string of the molecule is CCCNC(c1nc(C)c(C)s1)c1ccc(Cl)cc1C. The molecule has 1 atom stereocenters. The molecule has 0 bridgehead atoms. The van der Waals surface area contributed by atoms with E-state index >= 15 is 0 Å². The second-order valence-corrected chi connectivity index (χ2v) is 6.75. The summed E-state index contributed by atoms with van der Waals surface area (Å²) in [4.78, 5) is 6.01. The zero-order chi connectivity index (χ0) is 14.7. The van der Waals surface area contributed by atoms with E-state index in [1.165, 1.54) is 16.0 Å². The van der Waals surface area contributed by atoms with Gasteiger partial charge in [-0.25, -0.2) is 4.98 Å².